The fourth-order valence-corrected chi connectivity index (χ4v) is 1.36. The van der Waals surface area contributed by atoms with E-state index in [1.165, 1.54) is 0 Å². The number of hydrogen-bond acceptors (Lipinski definition) is 2. The Bertz CT molecular complexity index is 328. The molecule has 1 aromatic carbocycles. The van der Waals surface area contributed by atoms with E-state index in [9.17, 15) is 4.79 Å². The molecule has 0 N–H and O–H groups in total. The Morgan fingerprint density at radius 3 is 2.57 bits per heavy atom. The molecule has 0 atom stereocenters. The second kappa shape index (κ2) is 4.01. The second-order valence-electron chi connectivity index (χ2n) is 3.58. The molecule has 1 fully saturated rings. The first-order chi connectivity index (χ1) is 6.74. The van der Waals surface area contributed by atoms with Crippen LogP contribution in [0.2, 0.25) is 5.02 Å². The zero-order valence-corrected chi connectivity index (χ0v) is 8.46. The van der Waals surface area contributed by atoms with Gasteiger partial charge in [-0.15, -0.1) is 0 Å². The smallest absolute Gasteiger partial charge is 0.311 e. The van der Waals surface area contributed by atoms with E-state index in [0.717, 1.165) is 12.8 Å². The van der Waals surface area contributed by atoms with Crippen LogP contribution < -0.4 is 4.74 Å². The highest BCUT2D eigenvalue weighted by Crippen LogP contribution is 2.32. The third-order valence-corrected chi connectivity index (χ3v) is 2.45. The number of rotatable bonds is 3. The molecule has 3 heteroatoms. The summed E-state index contributed by atoms with van der Waals surface area (Å²) in [6, 6.07) is 6.82. The molecule has 2 nitrogen and oxygen atoms in total. The number of benzene rings is 1. The Morgan fingerprint density at radius 2 is 2.00 bits per heavy atom. The highest BCUT2D eigenvalue weighted by Gasteiger charge is 2.25. The molecule has 0 spiro atoms. The van der Waals surface area contributed by atoms with E-state index in [1.807, 2.05) is 0 Å². The minimum absolute atomic E-state index is 0.144. The SMILES string of the molecule is O=C(CC1CC1)Oc1ccc(Cl)cc1. The van der Waals surface area contributed by atoms with Gasteiger partial charge < -0.3 is 4.74 Å². The van der Waals surface area contributed by atoms with Gasteiger partial charge in [-0.3, -0.25) is 4.79 Å². The van der Waals surface area contributed by atoms with Gasteiger partial charge in [-0.05, 0) is 43.0 Å². The molecule has 14 heavy (non-hydrogen) atoms. The number of ether oxygens (including phenoxy) is 1. The minimum Gasteiger partial charge on any atom is -0.427 e. The second-order valence-corrected chi connectivity index (χ2v) is 4.01. The highest BCUT2D eigenvalue weighted by molar-refractivity contribution is 6.30. The lowest BCUT2D eigenvalue weighted by atomic mass is 10.3. The average molecular weight is 211 g/mol. The van der Waals surface area contributed by atoms with Crippen molar-refractivity contribution in [1.82, 2.24) is 0 Å². The van der Waals surface area contributed by atoms with Crippen LogP contribution in [0.25, 0.3) is 0 Å². The summed E-state index contributed by atoms with van der Waals surface area (Å²) in [7, 11) is 0. The normalized spacial score (nSPS) is 15.2. The first-order valence-electron chi connectivity index (χ1n) is 4.70. The van der Waals surface area contributed by atoms with Crippen molar-refractivity contribution in [3.05, 3.63) is 29.3 Å². The van der Waals surface area contributed by atoms with Crippen molar-refractivity contribution in [2.45, 2.75) is 19.3 Å². The van der Waals surface area contributed by atoms with Crippen LogP contribution in [-0.4, -0.2) is 5.97 Å². The van der Waals surface area contributed by atoms with Gasteiger partial charge in [-0.1, -0.05) is 11.6 Å². The van der Waals surface area contributed by atoms with E-state index in [-0.39, 0.29) is 5.97 Å². The Labute approximate surface area is 87.8 Å². The summed E-state index contributed by atoms with van der Waals surface area (Å²) in [5.74, 6) is 0.990. The van der Waals surface area contributed by atoms with Crippen LogP contribution in [0.4, 0.5) is 0 Å². The topological polar surface area (TPSA) is 26.3 Å². The van der Waals surface area contributed by atoms with Crippen LogP contribution in [0, 0.1) is 5.92 Å². The summed E-state index contributed by atoms with van der Waals surface area (Å²) in [6.07, 6.45) is 2.87. The summed E-state index contributed by atoms with van der Waals surface area (Å²) < 4.78 is 5.12. The highest BCUT2D eigenvalue weighted by atomic mass is 35.5. The van der Waals surface area contributed by atoms with Gasteiger partial charge in [0, 0.05) is 11.4 Å². The van der Waals surface area contributed by atoms with Crippen LogP contribution in [0.1, 0.15) is 19.3 Å². The minimum atomic E-state index is -0.144. The monoisotopic (exact) mass is 210 g/mol. The lowest BCUT2D eigenvalue weighted by Crippen LogP contribution is -2.08. The summed E-state index contributed by atoms with van der Waals surface area (Å²) in [5.41, 5.74) is 0. The quantitative estimate of drug-likeness (QED) is 0.566. The Morgan fingerprint density at radius 1 is 1.36 bits per heavy atom. The van der Waals surface area contributed by atoms with Gasteiger partial charge >= 0.3 is 5.97 Å². The number of carbonyl (C=O) groups is 1. The lowest BCUT2D eigenvalue weighted by molar-refractivity contribution is -0.134. The molecule has 0 saturated heterocycles. The van der Waals surface area contributed by atoms with Gasteiger partial charge in [-0.2, -0.15) is 0 Å². The van der Waals surface area contributed by atoms with Crippen molar-refractivity contribution in [2.24, 2.45) is 5.92 Å². The predicted octanol–water partition coefficient (Wildman–Crippen LogP) is 3.05. The number of hydrogen-bond donors (Lipinski definition) is 0. The van der Waals surface area contributed by atoms with E-state index < -0.39 is 0 Å². The molecule has 1 aliphatic rings. The molecule has 0 heterocycles. The van der Waals surface area contributed by atoms with Crippen molar-refractivity contribution < 1.29 is 9.53 Å². The molecule has 1 saturated carbocycles. The number of halogens is 1. The van der Waals surface area contributed by atoms with Gasteiger partial charge in [0.25, 0.3) is 0 Å². The largest absolute Gasteiger partial charge is 0.427 e. The fourth-order valence-electron chi connectivity index (χ4n) is 1.23. The average Bonchev–Trinajstić information content (AvgIpc) is 2.93. The molecular formula is C11H11ClO2. The summed E-state index contributed by atoms with van der Waals surface area (Å²) in [4.78, 5) is 11.3. The number of esters is 1. The van der Waals surface area contributed by atoms with Crippen LogP contribution >= 0.6 is 11.6 Å². The molecule has 0 bridgehead atoms. The molecule has 1 aliphatic carbocycles. The molecule has 74 valence electrons. The molecule has 0 amide bonds. The fraction of sp³-hybridized carbons (Fsp3) is 0.364. The lowest BCUT2D eigenvalue weighted by Gasteiger charge is -2.02. The Balaban J connectivity index is 1.89. The van der Waals surface area contributed by atoms with Crippen molar-refractivity contribution in [3.63, 3.8) is 0 Å². The Hall–Kier alpha value is -1.02. The van der Waals surface area contributed by atoms with Crippen LogP contribution in [0.5, 0.6) is 5.75 Å². The molecule has 0 aromatic heterocycles. The first kappa shape index (κ1) is 9.53. The van der Waals surface area contributed by atoms with Gasteiger partial charge in [0.1, 0.15) is 5.75 Å². The summed E-state index contributed by atoms with van der Waals surface area (Å²) in [5, 5.41) is 0.645. The zero-order chi connectivity index (χ0) is 9.97. The third-order valence-electron chi connectivity index (χ3n) is 2.20. The molecule has 0 unspecified atom stereocenters. The molecule has 0 radical (unpaired) electrons. The molecular weight excluding hydrogens is 200 g/mol. The zero-order valence-electron chi connectivity index (χ0n) is 7.70. The summed E-state index contributed by atoms with van der Waals surface area (Å²) >= 11 is 5.70. The third kappa shape index (κ3) is 2.74. The van der Waals surface area contributed by atoms with Crippen molar-refractivity contribution in [2.75, 3.05) is 0 Å². The molecule has 0 aliphatic heterocycles. The van der Waals surface area contributed by atoms with Gasteiger partial charge in [-0.25, -0.2) is 0 Å². The Kier molecular flexibility index (Phi) is 2.73. The maximum atomic E-state index is 11.3. The van der Waals surface area contributed by atoms with Crippen molar-refractivity contribution in [1.29, 1.82) is 0 Å². The van der Waals surface area contributed by atoms with E-state index in [4.69, 9.17) is 16.3 Å². The van der Waals surface area contributed by atoms with Gasteiger partial charge in [0.2, 0.25) is 0 Å². The van der Waals surface area contributed by atoms with Crippen LogP contribution in [-0.2, 0) is 4.79 Å². The number of carbonyl (C=O) groups excluding carboxylic acids is 1. The van der Waals surface area contributed by atoms with Crippen molar-refractivity contribution >= 4 is 17.6 Å². The predicted molar refractivity (Wildman–Crippen MR) is 54.4 cm³/mol. The maximum Gasteiger partial charge on any atom is 0.311 e. The molecule has 2 rings (SSSR count). The van der Waals surface area contributed by atoms with Gasteiger partial charge in [0.05, 0.1) is 0 Å². The van der Waals surface area contributed by atoms with Gasteiger partial charge in [0.15, 0.2) is 0 Å². The first-order valence-corrected chi connectivity index (χ1v) is 5.08. The van der Waals surface area contributed by atoms with Crippen LogP contribution in [0.15, 0.2) is 24.3 Å². The summed E-state index contributed by atoms with van der Waals surface area (Å²) in [6.45, 7) is 0. The van der Waals surface area contributed by atoms with Crippen LogP contribution in [0.3, 0.4) is 0 Å². The van der Waals surface area contributed by atoms with E-state index >= 15 is 0 Å². The van der Waals surface area contributed by atoms with Crippen molar-refractivity contribution in [3.8, 4) is 5.75 Å². The van der Waals surface area contributed by atoms with E-state index in [0.29, 0.717) is 23.1 Å². The molecule has 1 aromatic rings. The van der Waals surface area contributed by atoms with E-state index in [1.54, 1.807) is 24.3 Å². The maximum absolute atomic E-state index is 11.3. The standard InChI is InChI=1S/C11H11ClO2/c12-9-3-5-10(6-4-9)14-11(13)7-8-1-2-8/h3-6,8H,1-2,7H2. The van der Waals surface area contributed by atoms with E-state index in [2.05, 4.69) is 0 Å².